The van der Waals surface area contributed by atoms with Crippen LogP contribution in [0, 0.1) is 5.82 Å². The van der Waals surface area contributed by atoms with Gasteiger partial charge in [-0.2, -0.15) is 5.10 Å². The number of hydrogen-bond donors (Lipinski definition) is 1. The van der Waals surface area contributed by atoms with E-state index in [2.05, 4.69) is 5.10 Å². The predicted molar refractivity (Wildman–Crippen MR) is 65.3 cm³/mol. The monoisotopic (exact) mass is 253 g/mol. The van der Waals surface area contributed by atoms with Gasteiger partial charge >= 0.3 is 0 Å². The van der Waals surface area contributed by atoms with Gasteiger partial charge in [0.15, 0.2) is 0 Å². The van der Waals surface area contributed by atoms with Gasteiger partial charge in [-0.15, -0.1) is 0 Å². The average Bonchev–Trinajstić information content (AvgIpc) is 2.68. The average molecular weight is 254 g/mol. The highest BCUT2D eigenvalue weighted by atomic mass is 35.5. The SMILES string of the molecule is Cn1ccc(CC(N)c2ccc(F)c(Cl)c2)n1. The summed E-state index contributed by atoms with van der Waals surface area (Å²) in [7, 11) is 1.85. The summed E-state index contributed by atoms with van der Waals surface area (Å²) in [5, 5.41) is 4.34. The van der Waals surface area contributed by atoms with E-state index in [1.165, 1.54) is 6.07 Å². The van der Waals surface area contributed by atoms with E-state index in [1.54, 1.807) is 16.8 Å². The lowest BCUT2D eigenvalue weighted by atomic mass is 10.0. The van der Waals surface area contributed by atoms with Crippen LogP contribution in [-0.2, 0) is 13.5 Å². The maximum absolute atomic E-state index is 13.0. The highest BCUT2D eigenvalue weighted by Gasteiger charge is 2.11. The van der Waals surface area contributed by atoms with E-state index in [0.29, 0.717) is 6.42 Å². The first-order chi connectivity index (χ1) is 8.06. The number of rotatable bonds is 3. The van der Waals surface area contributed by atoms with Crippen molar-refractivity contribution in [3.8, 4) is 0 Å². The van der Waals surface area contributed by atoms with Gasteiger partial charge in [-0.05, 0) is 23.8 Å². The Morgan fingerprint density at radius 2 is 2.24 bits per heavy atom. The highest BCUT2D eigenvalue weighted by Crippen LogP contribution is 2.21. The van der Waals surface area contributed by atoms with Crippen molar-refractivity contribution in [3.05, 3.63) is 52.6 Å². The van der Waals surface area contributed by atoms with Crippen molar-refractivity contribution in [3.63, 3.8) is 0 Å². The van der Waals surface area contributed by atoms with Crippen LogP contribution in [0.15, 0.2) is 30.5 Å². The molecule has 0 saturated carbocycles. The van der Waals surface area contributed by atoms with E-state index in [9.17, 15) is 4.39 Å². The van der Waals surface area contributed by atoms with Gasteiger partial charge in [-0.1, -0.05) is 17.7 Å². The van der Waals surface area contributed by atoms with E-state index in [1.807, 2.05) is 19.3 Å². The van der Waals surface area contributed by atoms with Gasteiger partial charge in [-0.25, -0.2) is 4.39 Å². The Hall–Kier alpha value is -1.39. The van der Waals surface area contributed by atoms with Crippen LogP contribution in [0.1, 0.15) is 17.3 Å². The van der Waals surface area contributed by atoms with Crippen LogP contribution in [0.4, 0.5) is 4.39 Å². The number of halogens is 2. The molecule has 2 aromatic rings. The molecular formula is C12H13ClFN3. The summed E-state index contributed by atoms with van der Waals surface area (Å²) < 4.78 is 14.7. The minimum Gasteiger partial charge on any atom is -0.324 e. The molecule has 1 aromatic carbocycles. The molecule has 2 N–H and O–H groups in total. The molecule has 17 heavy (non-hydrogen) atoms. The molecule has 0 fully saturated rings. The molecule has 90 valence electrons. The number of nitrogens with zero attached hydrogens (tertiary/aromatic N) is 2. The van der Waals surface area contributed by atoms with E-state index < -0.39 is 5.82 Å². The molecule has 1 unspecified atom stereocenters. The summed E-state index contributed by atoms with van der Waals surface area (Å²) in [5.41, 5.74) is 7.74. The van der Waals surface area contributed by atoms with Gasteiger partial charge < -0.3 is 5.73 Å². The molecule has 0 amide bonds. The van der Waals surface area contributed by atoms with Crippen molar-refractivity contribution < 1.29 is 4.39 Å². The summed E-state index contributed by atoms with van der Waals surface area (Å²) in [6.07, 6.45) is 2.46. The fourth-order valence-corrected chi connectivity index (χ4v) is 1.85. The van der Waals surface area contributed by atoms with Gasteiger partial charge in [0.2, 0.25) is 0 Å². The topological polar surface area (TPSA) is 43.8 Å². The zero-order valence-electron chi connectivity index (χ0n) is 9.40. The van der Waals surface area contributed by atoms with Crippen LogP contribution in [0.25, 0.3) is 0 Å². The van der Waals surface area contributed by atoms with Gasteiger partial charge in [0, 0.05) is 25.7 Å². The molecule has 5 heteroatoms. The van der Waals surface area contributed by atoms with Crippen molar-refractivity contribution >= 4 is 11.6 Å². The largest absolute Gasteiger partial charge is 0.324 e. The number of nitrogens with two attached hydrogens (primary N) is 1. The minimum atomic E-state index is -0.430. The quantitative estimate of drug-likeness (QED) is 0.913. The lowest BCUT2D eigenvalue weighted by Crippen LogP contribution is -2.14. The van der Waals surface area contributed by atoms with Crippen LogP contribution in [-0.4, -0.2) is 9.78 Å². The molecule has 0 aliphatic rings. The number of aryl methyl sites for hydroxylation is 1. The fourth-order valence-electron chi connectivity index (χ4n) is 1.66. The van der Waals surface area contributed by atoms with Gasteiger partial charge in [0.25, 0.3) is 0 Å². The summed E-state index contributed by atoms with van der Waals surface area (Å²) in [6.45, 7) is 0. The molecule has 0 spiro atoms. The Labute approximate surface area is 104 Å². The number of benzene rings is 1. The van der Waals surface area contributed by atoms with Crippen LogP contribution >= 0.6 is 11.6 Å². The first kappa shape index (κ1) is 12.1. The standard InChI is InChI=1S/C12H13ClFN3/c1-17-5-4-9(16-17)7-12(15)8-2-3-11(14)10(13)6-8/h2-6,12H,7,15H2,1H3. The van der Waals surface area contributed by atoms with E-state index >= 15 is 0 Å². The molecule has 0 bridgehead atoms. The zero-order valence-corrected chi connectivity index (χ0v) is 10.2. The Bertz CT molecular complexity index is 524. The third-order valence-corrected chi connectivity index (χ3v) is 2.86. The predicted octanol–water partition coefficient (Wildman–Crippen LogP) is 2.46. The first-order valence-corrected chi connectivity index (χ1v) is 5.63. The normalized spacial score (nSPS) is 12.7. The first-order valence-electron chi connectivity index (χ1n) is 5.25. The van der Waals surface area contributed by atoms with E-state index in [-0.39, 0.29) is 11.1 Å². The second-order valence-corrected chi connectivity index (χ2v) is 4.37. The molecule has 0 aliphatic heterocycles. The zero-order chi connectivity index (χ0) is 12.4. The molecule has 1 aromatic heterocycles. The highest BCUT2D eigenvalue weighted by molar-refractivity contribution is 6.30. The second-order valence-electron chi connectivity index (χ2n) is 3.96. The van der Waals surface area contributed by atoms with Crippen molar-refractivity contribution in [1.82, 2.24) is 9.78 Å². The molecular weight excluding hydrogens is 241 g/mol. The van der Waals surface area contributed by atoms with Crippen molar-refractivity contribution in [2.24, 2.45) is 12.8 Å². The maximum atomic E-state index is 13.0. The molecule has 0 radical (unpaired) electrons. The Morgan fingerprint density at radius 3 is 2.82 bits per heavy atom. The fraction of sp³-hybridized carbons (Fsp3) is 0.250. The number of hydrogen-bond acceptors (Lipinski definition) is 2. The van der Waals surface area contributed by atoms with Gasteiger partial charge in [0.1, 0.15) is 5.82 Å². The lowest BCUT2D eigenvalue weighted by Gasteiger charge is -2.11. The molecule has 3 nitrogen and oxygen atoms in total. The maximum Gasteiger partial charge on any atom is 0.141 e. The number of aromatic nitrogens is 2. The van der Waals surface area contributed by atoms with Gasteiger partial charge in [0.05, 0.1) is 10.7 Å². The summed E-state index contributed by atoms with van der Waals surface area (Å²) >= 11 is 5.71. The van der Waals surface area contributed by atoms with Crippen molar-refractivity contribution in [2.45, 2.75) is 12.5 Å². The Balaban J connectivity index is 2.14. The third kappa shape index (κ3) is 2.84. The lowest BCUT2D eigenvalue weighted by molar-refractivity contribution is 0.623. The molecule has 1 heterocycles. The van der Waals surface area contributed by atoms with Crippen LogP contribution in [0.2, 0.25) is 5.02 Å². The van der Waals surface area contributed by atoms with E-state index in [4.69, 9.17) is 17.3 Å². The molecule has 0 aliphatic carbocycles. The summed E-state index contributed by atoms with van der Waals surface area (Å²) in [6, 6.07) is 6.21. The van der Waals surface area contributed by atoms with Crippen LogP contribution in [0.3, 0.4) is 0 Å². The molecule has 0 saturated heterocycles. The smallest absolute Gasteiger partial charge is 0.141 e. The molecule has 2 rings (SSSR count). The molecule has 1 atom stereocenters. The second kappa shape index (κ2) is 4.85. The van der Waals surface area contributed by atoms with Crippen molar-refractivity contribution in [2.75, 3.05) is 0 Å². The van der Waals surface area contributed by atoms with Crippen molar-refractivity contribution in [1.29, 1.82) is 0 Å². The van der Waals surface area contributed by atoms with Crippen LogP contribution in [0.5, 0.6) is 0 Å². The van der Waals surface area contributed by atoms with E-state index in [0.717, 1.165) is 11.3 Å². The minimum absolute atomic E-state index is 0.0963. The summed E-state index contributed by atoms with van der Waals surface area (Å²) in [5.74, 6) is -0.430. The van der Waals surface area contributed by atoms with Crippen LogP contribution < -0.4 is 5.73 Å². The Morgan fingerprint density at radius 1 is 1.47 bits per heavy atom. The summed E-state index contributed by atoms with van der Waals surface area (Å²) in [4.78, 5) is 0. The third-order valence-electron chi connectivity index (χ3n) is 2.57. The Kier molecular flexibility index (Phi) is 3.45. The van der Waals surface area contributed by atoms with Gasteiger partial charge in [-0.3, -0.25) is 4.68 Å².